The highest BCUT2D eigenvalue weighted by molar-refractivity contribution is 7.33. The van der Waals surface area contributed by atoms with E-state index in [1.54, 1.807) is 5.20 Å². The Hall–Kier alpha value is -6.92. The first-order valence-corrected chi connectivity index (χ1v) is 35.6. The normalized spacial score (nSPS) is 20.4. The van der Waals surface area contributed by atoms with Gasteiger partial charge in [0.15, 0.2) is 8.07 Å². The second-order valence-electron chi connectivity index (χ2n) is 31.3. The number of fused-ring (bicyclic) bond motifs is 9. The lowest BCUT2D eigenvalue weighted by molar-refractivity contribution is 0.332. The Kier molecular flexibility index (Phi) is 12.7. The molecule has 0 saturated heterocycles. The van der Waals surface area contributed by atoms with E-state index in [2.05, 4.69) is 300 Å². The third kappa shape index (κ3) is 8.58. The predicted octanol–water partition coefficient (Wildman–Crippen LogP) is 18.5. The van der Waals surface area contributed by atoms with E-state index in [1.165, 1.54) is 164 Å². The molecule has 2 aliphatic heterocycles. The van der Waals surface area contributed by atoms with Crippen LogP contribution in [0.3, 0.4) is 0 Å². The summed E-state index contributed by atoms with van der Waals surface area (Å²) in [6.45, 7) is 34.7. The summed E-state index contributed by atoms with van der Waals surface area (Å²) in [5.74, 6) is 0.439. The summed E-state index contributed by atoms with van der Waals surface area (Å²) in [5.41, 5.74) is 23.9. The van der Waals surface area contributed by atoms with Gasteiger partial charge in [-0.3, -0.25) is 0 Å². The van der Waals surface area contributed by atoms with Crippen molar-refractivity contribution in [1.82, 2.24) is 0 Å². The van der Waals surface area contributed by atoms with Crippen LogP contribution in [0.15, 0.2) is 187 Å². The lowest BCUT2D eigenvalue weighted by atomic mass is 9.35. The number of benzene rings is 8. The number of anilines is 6. The monoisotopic (exact) mass is 1170 g/mol. The number of nitrogens with zero attached hydrogens (tertiary/aromatic N) is 2. The van der Waals surface area contributed by atoms with Crippen molar-refractivity contribution >= 4 is 102 Å². The topological polar surface area (TPSA) is 6.48 Å². The van der Waals surface area contributed by atoms with Gasteiger partial charge in [0.1, 0.15) is 0 Å². The van der Waals surface area contributed by atoms with Crippen molar-refractivity contribution in [1.29, 1.82) is 0 Å². The summed E-state index contributed by atoms with van der Waals surface area (Å²) in [6, 6.07) is 65.8. The van der Waals surface area contributed by atoms with E-state index in [9.17, 15) is 0 Å². The molecule has 1 atom stereocenters. The zero-order valence-corrected chi connectivity index (χ0v) is 56.0. The van der Waals surface area contributed by atoms with E-state index >= 15 is 0 Å². The van der Waals surface area contributed by atoms with E-state index in [4.69, 9.17) is 0 Å². The highest BCUT2D eigenvalue weighted by Crippen LogP contribution is 2.56. The molecule has 0 saturated carbocycles. The van der Waals surface area contributed by atoms with Crippen molar-refractivity contribution in [2.75, 3.05) is 9.80 Å². The molecular formula is C82H87BN2SSi. The fraction of sp³-hybridized carbons (Fsp3) is 0.341. The lowest BCUT2D eigenvalue weighted by Crippen LogP contribution is -2.69. The maximum atomic E-state index is 2.73. The zero-order chi connectivity index (χ0) is 60.5. The van der Waals surface area contributed by atoms with Crippen LogP contribution < -0.4 is 41.1 Å². The van der Waals surface area contributed by atoms with Crippen LogP contribution in [0.25, 0.3) is 21.2 Å². The number of allylic oxidation sites excluding steroid dienone is 4. The maximum Gasteiger partial charge on any atom is 0.264 e. The highest BCUT2D eigenvalue weighted by atomic mass is 32.1. The molecule has 8 aromatic carbocycles. The van der Waals surface area contributed by atoms with Gasteiger partial charge >= 0.3 is 0 Å². The van der Waals surface area contributed by atoms with Crippen LogP contribution in [0.1, 0.15) is 174 Å². The Labute approximate surface area is 525 Å². The molecule has 6 aliphatic rings. The Bertz CT molecular complexity index is 4300. The minimum atomic E-state index is -2.65. The van der Waals surface area contributed by atoms with Crippen molar-refractivity contribution < 1.29 is 0 Å². The van der Waals surface area contributed by atoms with Crippen LogP contribution in [0.2, 0.25) is 0 Å². The van der Waals surface area contributed by atoms with Crippen molar-refractivity contribution in [2.24, 2.45) is 5.92 Å². The summed E-state index contributed by atoms with van der Waals surface area (Å²) in [5, 5.41) is 7.26. The summed E-state index contributed by atoms with van der Waals surface area (Å²) in [4.78, 5) is 5.45. The molecule has 2 nitrogen and oxygen atoms in total. The fourth-order valence-electron chi connectivity index (χ4n) is 17.3. The van der Waals surface area contributed by atoms with Crippen LogP contribution in [-0.4, -0.2) is 14.8 Å². The molecule has 87 heavy (non-hydrogen) atoms. The van der Waals surface area contributed by atoms with Gasteiger partial charge in [-0.15, -0.1) is 11.3 Å². The van der Waals surface area contributed by atoms with Gasteiger partial charge in [0.25, 0.3) is 6.71 Å². The molecule has 0 amide bonds. The van der Waals surface area contributed by atoms with Crippen molar-refractivity contribution in [3.8, 4) is 11.1 Å². The fourth-order valence-corrected chi connectivity index (χ4v) is 23.9. The standard InChI is InChI=1S/C82H87BN2SSi/c1-52-45-70-74-71(46-52)85(56-33-29-54(30-34-56)55-31-36-60(37-32-55)87(58-24-17-15-18-25-58,59-26-19-16-20-27-59)73-28-22-21-23-53(73)2)75-61-48-64-67(82(13,14)44-41-79(64,7)8)51-72(61)86-76(75)83(74)68-49-65-66(81(11,12)43-42-80(65,9)10)50-69(68)84(70)57-35-38-62-63(47-57)78(5,6)40-39-77(62,3)4/h15-22,24-38,45-51,53H,23,39-44H2,1-14H3. The van der Waals surface area contributed by atoms with Gasteiger partial charge < -0.3 is 9.80 Å². The molecule has 3 heterocycles. The average Bonchev–Trinajstić information content (AvgIpc) is 1.69. The van der Waals surface area contributed by atoms with Crippen LogP contribution in [0.5, 0.6) is 0 Å². The van der Waals surface area contributed by atoms with E-state index in [0.717, 1.165) is 6.42 Å². The van der Waals surface area contributed by atoms with Gasteiger partial charge in [-0.2, -0.15) is 0 Å². The first-order valence-electron chi connectivity index (χ1n) is 32.8. The SMILES string of the molecule is Cc1cc2c3c(c1)N(c1ccc(-c4ccc([Si](C5=CC=CCC5C)(c5ccccc5)c5ccccc5)cc4)cc1)c1c(sc4cc5c(cc14)C(C)(C)CCC5(C)C)B3c1cc3c(cc1N2c1ccc2c(c1)C(C)(C)CCC2(C)C)C(C)(C)CCC3(C)C. The third-order valence-electron chi connectivity index (χ3n) is 22.9. The number of hydrogen-bond acceptors (Lipinski definition) is 3. The average molecular weight is 1170 g/mol. The van der Waals surface area contributed by atoms with Crippen LogP contribution in [0.4, 0.5) is 34.1 Å². The zero-order valence-electron chi connectivity index (χ0n) is 54.2. The lowest BCUT2D eigenvalue weighted by Gasteiger charge is -2.47. The molecule has 0 bridgehead atoms. The first-order chi connectivity index (χ1) is 41.4. The highest BCUT2D eigenvalue weighted by Gasteiger charge is 2.50. The minimum absolute atomic E-state index is 0.0441. The molecule has 0 fully saturated rings. The van der Waals surface area contributed by atoms with E-state index in [1.807, 2.05) is 0 Å². The molecule has 1 aromatic heterocycles. The van der Waals surface area contributed by atoms with Gasteiger partial charge in [-0.1, -0.05) is 223 Å². The summed E-state index contributed by atoms with van der Waals surface area (Å²) in [6.07, 6.45) is 15.3. The smallest absolute Gasteiger partial charge is 0.264 e. The Morgan fingerprint density at radius 3 is 1.49 bits per heavy atom. The molecule has 15 rings (SSSR count). The molecule has 438 valence electrons. The molecule has 4 aliphatic carbocycles. The van der Waals surface area contributed by atoms with E-state index in [-0.39, 0.29) is 39.2 Å². The van der Waals surface area contributed by atoms with Crippen LogP contribution >= 0.6 is 11.3 Å². The van der Waals surface area contributed by atoms with Crippen molar-refractivity contribution in [3.63, 3.8) is 0 Å². The quantitative estimate of drug-likeness (QED) is 0.116. The summed E-state index contributed by atoms with van der Waals surface area (Å²) >= 11 is 2.08. The van der Waals surface area contributed by atoms with Crippen molar-refractivity contribution in [3.05, 3.63) is 226 Å². The third-order valence-corrected chi connectivity index (χ3v) is 29.2. The molecule has 9 aromatic rings. The second kappa shape index (κ2) is 19.5. The molecule has 5 heteroatoms. The number of aryl methyl sites for hydroxylation is 1. The van der Waals surface area contributed by atoms with Gasteiger partial charge in [-0.25, -0.2) is 0 Å². The predicted molar refractivity (Wildman–Crippen MR) is 380 cm³/mol. The van der Waals surface area contributed by atoms with Crippen molar-refractivity contribution in [2.45, 2.75) is 174 Å². The van der Waals surface area contributed by atoms with Crippen LogP contribution in [0, 0.1) is 12.8 Å². The number of rotatable bonds is 7. The minimum Gasteiger partial charge on any atom is -0.311 e. The first kappa shape index (κ1) is 56.6. The molecule has 0 spiro atoms. The summed E-state index contributed by atoms with van der Waals surface area (Å²) < 4.78 is 2.87. The van der Waals surface area contributed by atoms with E-state index < -0.39 is 8.07 Å². The van der Waals surface area contributed by atoms with Gasteiger partial charge in [0.2, 0.25) is 0 Å². The van der Waals surface area contributed by atoms with E-state index in [0.29, 0.717) is 5.92 Å². The Morgan fingerprint density at radius 2 is 0.931 bits per heavy atom. The van der Waals surface area contributed by atoms with Crippen LogP contribution in [-0.2, 0) is 32.5 Å². The number of thiophene rings is 1. The van der Waals surface area contributed by atoms with Gasteiger partial charge in [0.05, 0.1) is 5.69 Å². The number of hydrogen-bond donors (Lipinski definition) is 0. The Morgan fingerprint density at radius 1 is 0.460 bits per heavy atom. The van der Waals surface area contributed by atoms with Gasteiger partial charge in [0, 0.05) is 43.3 Å². The maximum absolute atomic E-state index is 2.73. The molecule has 0 radical (unpaired) electrons. The molecule has 0 N–H and O–H groups in total. The summed E-state index contributed by atoms with van der Waals surface area (Å²) in [7, 11) is -2.65. The largest absolute Gasteiger partial charge is 0.311 e. The molecular weight excluding hydrogens is 1080 g/mol. The second-order valence-corrected chi connectivity index (χ2v) is 36.2. The van der Waals surface area contributed by atoms with Gasteiger partial charge in [-0.05, 0) is 221 Å². The molecule has 1 unspecified atom stereocenters. The Balaban J connectivity index is 0.947.